The molecule has 0 aliphatic heterocycles. The van der Waals surface area contributed by atoms with E-state index in [1.54, 1.807) is 0 Å². The van der Waals surface area contributed by atoms with Crippen LogP contribution in [0.2, 0.25) is 0 Å². The molecule has 2 aromatic rings. The van der Waals surface area contributed by atoms with Gasteiger partial charge in [-0.15, -0.1) is 16.4 Å². The van der Waals surface area contributed by atoms with E-state index in [9.17, 15) is 4.79 Å². The number of aromatic nitrogens is 4. The highest BCUT2D eigenvalue weighted by Gasteiger charge is 2.19. The molecule has 0 bridgehead atoms. The van der Waals surface area contributed by atoms with Crippen LogP contribution in [-0.2, 0) is 17.9 Å². The van der Waals surface area contributed by atoms with Crippen LogP contribution in [0.25, 0.3) is 0 Å². The van der Waals surface area contributed by atoms with Gasteiger partial charge >= 0.3 is 5.97 Å². The molecule has 1 N–H and O–H groups in total. The molecule has 0 aliphatic carbocycles. The molecular weight excluding hydrogens is 256 g/mol. The van der Waals surface area contributed by atoms with Gasteiger partial charge in [0, 0.05) is 18.2 Å². The van der Waals surface area contributed by atoms with Gasteiger partial charge in [-0.3, -0.25) is 0 Å². The van der Waals surface area contributed by atoms with Crippen LogP contribution in [0.15, 0.2) is 5.38 Å². The fourth-order valence-electron chi connectivity index (χ4n) is 1.51. The van der Waals surface area contributed by atoms with Gasteiger partial charge in [0.1, 0.15) is 5.01 Å². The third-order valence-corrected chi connectivity index (χ3v) is 3.22. The molecule has 7 nitrogen and oxygen atoms in total. The second kappa shape index (κ2) is 5.23. The number of carboxylic acid groups (broad SMARTS) is 1. The molecule has 0 atom stereocenters. The van der Waals surface area contributed by atoms with Crippen molar-refractivity contribution in [3.63, 3.8) is 0 Å². The van der Waals surface area contributed by atoms with Gasteiger partial charge in [-0.1, -0.05) is 5.21 Å². The number of ether oxygens (including phenoxy) is 1. The first kappa shape index (κ1) is 12.7. The van der Waals surface area contributed by atoms with Crippen molar-refractivity contribution in [2.45, 2.75) is 20.1 Å². The molecule has 0 saturated carbocycles. The number of methoxy groups -OCH3 is 1. The van der Waals surface area contributed by atoms with Crippen molar-refractivity contribution in [2.75, 3.05) is 7.11 Å². The second-order valence-corrected chi connectivity index (χ2v) is 4.61. The van der Waals surface area contributed by atoms with Crippen molar-refractivity contribution >= 4 is 17.3 Å². The Balaban J connectivity index is 2.29. The van der Waals surface area contributed by atoms with Crippen LogP contribution in [-0.4, -0.2) is 38.2 Å². The number of aromatic carboxylic acids is 1. The average Bonchev–Trinajstić information content (AvgIpc) is 2.88. The Hall–Kier alpha value is -1.80. The molecule has 96 valence electrons. The van der Waals surface area contributed by atoms with E-state index in [4.69, 9.17) is 9.84 Å². The minimum Gasteiger partial charge on any atom is -0.476 e. The van der Waals surface area contributed by atoms with Gasteiger partial charge < -0.3 is 9.84 Å². The van der Waals surface area contributed by atoms with Gasteiger partial charge in [0.2, 0.25) is 0 Å². The van der Waals surface area contributed by atoms with E-state index in [0.29, 0.717) is 12.2 Å². The smallest absolute Gasteiger partial charge is 0.358 e. The van der Waals surface area contributed by atoms with Crippen LogP contribution in [0.5, 0.6) is 0 Å². The summed E-state index contributed by atoms with van der Waals surface area (Å²) in [4.78, 5) is 15.3. The maximum absolute atomic E-state index is 11.0. The van der Waals surface area contributed by atoms with E-state index < -0.39 is 5.97 Å². The third-order valence-electron chi connectivity index (χ3n) is 2.27. The molecule has 18 heavy (non-hydrogen) atoms. The summed E-state index contributed by atoms with van der Waals surface area (Å²) in [7, 11) is 1.50. The van der Waals surface area contributed by atoms with Crippen LogP contribution in [0.4, 0.5) is 0 Å². The third kappa shape index (κ3) is 2.54. The van der Waals surface area contributed by atoms with E-state index in [2.05, 4.69) is 15.3 Å². The maximum Gasteiger partial charge on any atom is 0.358 e. The molecule has 8 heteroatoms. The molecule has 0 spiro atoms. The van der Waals surface area contributed by atoms with E-state index in [0.717, 1.165) is 10.7 Å². The summed E-state index contributed by atoms with van der Waals surface area (Å²) < 4.78 is 6.48. The molecule has 0 radical (unpaired) electrons. The van der Waals surface area contributed by atoms with E-state index >= 15 is 0 Å². The van der Waals surface area contributed by atoms with E-state index in [1.807, 2.05) is 12.3 Å². The highest BCUT2D eigenvalue weighted by Crippen LogP contribution is 2.13. The zero-order chi connectivity index (χ0) is 13.1. The SMILES string of the molecule is COCc1c(C(=O)O)nnn1Cc1nc(C)cs1. The first-order valence-electron chi connectivity index (χ1n) is 5.17. The average molecular weight is 268 g/mol. The zero-order valence-corrected chi connectivity index (χ0v) is 10.8. The summed E-state index contributed by atoms with van der Waals surface area (Å²) in [6.07, 6.45) is 0. The standard InChI is InChI=1S/C10H12N4O3S/c1-6-5-18-8(11-6)3-14-7(4-17-2)9(10(15)16)12-13-14/h5H,3-4H2,1-2H3,(H,15,16). The highest BCUT2D eigenvalue weighted by molar-refractivity contribution is 7.09. The maximum atomic E-state index is 11.0. The van der Waals surface area contributed by atoms with Gasteiger partial charge in [0.05, 0.1) is 18.8 Å². The minimum atomic E-state index is -1.11. The summed E-state index contributed by atoms with van der Waals surface area (Å²) in [5, 5.41) is 19.3. The van der Waals surface area contributed by atoms with Crippen LogP contribution in [0.3, 0.4) is 0 Å². The van der Waals surface area contributed by atoms with Gasteiger partial charge in [0.25, 0.3) is 0 Å². The summed E-state index contributed by atoms with van der Waals surface area (Å²) in [6, 6.07) is 0. The van der Waals surface area contributed by atoms with Crippen LogP contribution in [0, 0.1) is 6.92 Å². The lowest BCUT2D eigenvalue weighted by molar-refractivity contribution is 0.0684. The van der Waals surface area contributed by atoms with Crippen molar-refractivity contribution in [1.82, 2.24) is 20.0 Å². The van der Waals surface area contributed by atoms with Gasteiger partial charge in [-0.05, 0) is 6.92 Å². The number of thiazole rings is 1. The number of rotatable bonds is 5. The predicted molar refractivity (Wildman–Crippen MR) is 63.6 cm³/mol. The molecular formula is C10H12N4O3S. The number of nitrogens with zero attached hydrogens (tertiary/aromatic N) is 4. The van der Waals surface area contributed by atoms with Gasteiger partial charge in [0.15, 0.2) is 5.69 Å². The Labute approximate surface area is 107 Å². The Morgan fingerprint density at radius 1 is 1.61 bits per heavy atom. The topological polar surface area (TPSA) is 90.1 Å². The molecule has 0 fully saturated rings. The highest BCUT2D eigenvalue weighted by atomic mass is 32.1. The lowest BCUT2D eigenvalue weighted by atomic mass is 10.3. The Morgan fingerprint density at radius 3 is 2.94 bits per heavy atom. The van der Waals surface area contributed by atoms with Crippen molar-refractivity contribution in [2.24, 2.45) is 0 Å². The summed E-state index contributed by atoms with van der Waals surface area (Å²) >= 11 is 1.50. The first-order chi connectivity index (χ1) is 8.61. The van der Waals surface area contributed by atoms with Gasteiger partial charge in [-0.2, -0.15) is 0 Å². The van der Waals surface area contributed by atoms with Crippen LogP contribution >= 0.6 is 11.3 Å². The lowest BCUT2D eigenvalue weighted by Gasteiger charge is -2.03. The molecule has 0 aromatic carbocycles. The van der Waals surface area contributed by atoms with Crippen molar-refractivity contribution in [3.8, 4) is 0 Å². The fraction of sp³-hybridized carbons (Fsp3) is 0.400. The number of hydrogen-bond donors (Lipinski definition) is 1. The number of carbonyl (C=O) groups is 1. The molecule has 0 saturated heterocycles. The minimum absolute atomic E-state index is 0.0786. The fourth-order valence-corrected chi connectivity index (χ4v) is 2.26. The molecule has 2 aromatic heterocycles. The first-order valence-corrected chi connectivity index (χ1v) is 6.05. The number of aryl methyl sites for hydroxylation is 1. The van der Waals surface area contributed by atoms with E-state index in [-0.39, 0.29) is 12.3 Å². The molecule has 0 aliphatic rings. The largest absolute Gasteiger partial charge is 0.476 e. The number of hydrogen-bond acceptors (Lipinski definition) is 6. The van der Waals surface area contributed by atoms with Gasteiger partial charge in [-0.25, -0.2) is 14.5 Å². The van der Waals surface area contributed by atoms with Crippen LogP contribution in [0.1, 0.15) is 26.9 Å². The van der Waals surface area contributed by atoms with E-state index in [1.165, 1.54) is 23.1 Å². The normalized spacial score (nSPS) is 10.8. The Morgan fingerprint density at radius 2 is 2.39 bits per heavy atom. The van der Waals surface area contributed by atoms with Crippen molar-refractivity contribution in [3.05, 3.63) is 27.5 Å². The summed E-state index contributed by atoms with van der Waals surface area (Å²) in [5.41, 5.74) is 1.30. The number of carboxylic acids is 1. The summed E-state index contributed by atoms with van der Waals surface area (Å²) in [6.45, 7) is 2.45. The lowest BCUT2D eigenvalue weighted by Crippen LogP contribution is -2.10. The molecule has 2 heterocycles. The van der Waals surface area contributed by atoms with Crippen molar-refractivity contribution < 1.29 is 14.6 Å². The second-order valence-electron chi connectivity index (χ2n) is 3.66. The monoisotopic (exact) mass is 268 g/mol. The quantitative estimate of drug-likeness (QED) is 0.867. The molecule has 0 amide bonds. The molecule has 0 unspecified atom stereocenters. The Bertz CT molecular complexity index is 563. The summed E-state index contributed by atoms with van der Waals surface area (Å²) in [5.74, 6) is -1.11. The zero-order valence-electron chi connectivity index (χ0n) is 9.95. The predicted octanol–water partition coefficient (Wildman–Crippen LogP) is 0.936. The Kier molecular flexibility index (Phi) is 3.68. The van der Waals surface area contributed by atoms with Crippen molar-refractivity contribution in [1.29, 1.82) is 0 Å². The van der Waals surface area contributed by atoms with Crippen LogP contribution < -0.4 is 0 Å². The molecule has 2 rings (SSSR count).